The zero-order valence-corrected chi connectivity index (χ0v) is 11.9. The van der Waals surface area contributed by atoms with Gasteiger partial charge in [0.25, 0.3) is 0 Å². The topological polar surface area (TPSA) is 63.9 Å². The van der Waals surface area contributed by atoms with E-state index in [1.165, 1.54) is 0 Å². The molecule has 0 saturated carbocycles. The van der Waals surface area contributed by atoms with E-state index < -0.39 is 0 Å². The first-order chi connectivity index (χ1) is 9.70. The number of aryl methyl sites for hydroxylation is 1. The van der Waals surface area contributed by atoms with Crippen LogP contribution >= 0.6 is 0 Å². The van der Waals surface area contributed by atoms with Crippen molar-refractivity contribution in [2.45, 2.75) is 32.1 Å². The predicted molar refractivity (Wildman–Crippen MR) is 75.2 cm³/mol. The van der Waals surface area contributed by atoms with Gasteiger partial charge in [-0.2, -0.15) is 5.10 Å². The maximum absolute atomic E-state index is 11.7. The number of carbonyl (C=O) groups excluding carboxylic acids is 1. The van der Waals surface area contributed by atoms with Gasteiger partial charge in [0.05, 0.1) is 5.69 Å². The van der Waals surface area contributed by atoms with Crippen LogP contribution < -0.4 is 0 Å². The lowest BCUT2D eigenvalue weighted by Gasteiger charge is -2.31. The molecule has 106 valence electrons. The van der Waals surface area contributed by atoms with E-state index >= 15 is 0 Å². The molecule has 1 aliphatic heterocycles. The zero-order valence-electron chi connectivity index (χ0n) is 11.9. The second-order valence-corrected chi connectivity index (χ2v) is 5.25. The van der Waals surface area contributed by atoms with Crippen LogP contribution in [0.15, 0.2) is 12.4 Å². The number of carbonyl (C=O) groups is 1. The van der Waals surface area contributed by atoms with Gasteiger partial charge < -0.3 is 4.90 Å². The number of hydrogen-bond acceptors (Lipinski definition) is 4. The summed E-state index contributed by atoms with van der Waals surface area (Å²) in [6, 6.07) is 0. The third-order valence-electron chi connectivity index (χ3n) is 4.02. The Hall–Kier alpha value is -1.98. The normalized spacial score (nSPS) is 16.8. The number of piperidine rings is 1. The molecular weight excluding hydrogens is 254 g/mol. The third-order valence-corrected chi connectivity index (χ3v) is 4.02. The van der Waals surface area contributed by atoms with Crippen LogP contribution in [-0.4, -0.2) is 43.6 Å². The minimum atomic E-state index is 0.245. The van der Waals surface area contributed by atoms with Crippen molar-refractivity contribution in [3.05, 3.63) is 18.1 Å². The summed E-state index contributed by atoms with van der Waals surface area (Å²) in [5.74, 6) is 0.616. The van der Waals surface area contributed by atoms with Crippen LogP contribution in [0.3, 0.4) is 0 Å². The lowest BCUT2D eigenvalue weighted by molar-refractivity contribution is -0.131. The standard InChI is InChI=1S/C14H19N5O/c1-3-11(20)19-8-4-10(5-9-19)12-13-14(18(2)17-12)16-7-6-15-13/h6-7,10H,3-5,8-9H2,1-2H3. The maximum atomic E-state index is 11.7. The van der Waals surface area contributed by atoms with Crippen LogP contribution in [0.25, 0.3) is 11.2 Å². The highest BCUT2D eigenvalue weighted by molar-refractivity contribution is 5.76. The van der Waals surface area contributed by atoms with Gasteiger partial charge in [0.15, 0.2) is 5.65 Å². The fraction of sp³-hybridized carbons (Fsp3) is 0.571. The second-order valence-electron chi connectivity index (χ2n) is 5.25. The Bertz CT molecular complexity index is 628. The average molecular weight is 273 g/mol. The van der Waals surface area contributed by atoms with E-state index in [9.17, 15) is 4.79 Å². The Morgan fingerprint density at radius 3 is 2.70 bits per heavy atom. The van der Waals surface area contributed by atoms with E-state index in [0.29, 0.717) is 12.3 Å². The summed E-state index contributed by atoms with van der Waals surface area (Å²) in [5, 5.41) is 4.59. The molecule has 3 heterocycles. The molecule has 0 unspecified atom stereocenters. The van der Waals surface area contributed by atoms with Gasteiger partial charge in [-0.3, -0.25) is 4.79 Å². The van der Waals surface area contributed by atoms with Gasteiger partial charge in [0, 0.05) is 44.9 Å². The number of hydrogen-bond donors (Lipinski definition) is 0. The number of rotatable bonds is 2. The van der Waals surface area contributed by atoms with E-state index in [1.54, 1.807) is 17.1 Å². The number of likely N-dealkylation sites (tertiary alicyclic amines) is 1. The van der Waals surface area contributed by atoms with E-state index in [-0.39, 0.29) is 5.91 Å². The van der Waals surface area contributed by atoms with Gasteiger partial charge in [-0.1, -0.05) is 6.92 Å². The van der Waals surface area contributed by atoms with E-state index in [2.05, 4.69) is 15.1 Å². The number of amides is 1. The van der Waals surface area contributed by atoms with Crippen LogP contribution in [0.5, 0.6) is 0 Å². The minimum Gasteiger partial charge on any atom is -0.343 e. The van der Waals surface area contributed by atoms with Gasteiger partial charge in [0.2, 0.25) is 5.91 Å². The van der Waals surface area contributed by atoms with E-state index in [0.717, 1.165) is 42.8 Å². The molecule has 0 spiro atoms. The number of nitrogens with zero attached hydrogens (tertiary/aromatic N) is 5. The van der Waals surface area contributed by atoms with Crippen LogP contribution in [0, 0.1) is 0 Å². The summed E-state index contributed by atoms with van der Waals surface area (Å²) >= 11 is 0. The van der Waals surface area contributed by atoms with Crippen LogP contribution in [0.2, 0.25) is 0 Å². The van der Waals surface area contributed by atoms with Crippen LogP contribution in [0.1, 0.15) is 37.8 Å². The van der Waals surface area contributed by atoms with Gasteiger partial charge >= 0.3 is 0 Å². The van der Waals surface area contributed by atoms with Gasteiger partial charge in [-0.05, 0) is 12.8 Å². The molecule has 0 N–H and O–H groups in total. The molecule has 3 rings (SSSR count). The highest BCUT2D eigenvalue weighted by atomic mass is 16.2. The van der Waals surface area contributed by atoms with Crippen molar-refractivity contribution >= 4 is 17.1 Å². The highest BCUT2D eigenvalue weighted by Crippen LogP contribution is 2.30. The molecule has 0 radical (unpaired) electrons. The lowest BCUT2D eigenvalue weighted by atomic mass is 9.93. The first-order valence-corrected chi connectivity index (χ1v) is 7.12. The lowest BCUT2D eigenvalue weighted by Crippen LogP contribution is -2.37. The van der Waals surface area contributed by atoms with Gasteiger partial charge in [0.1, 0.15) is 5.52 Å². The van der Waals surface area contributed by atoms with Crippen molar-refractivity contribution in [3.8, 4) is 0 Å². The molecule has 0 aromatic carbocycles. The largest absolute Gasteiger partial charge is 0.343 e. The summed E-state index contributed by atoms with van der Waals surface area (Å²) in [5.41, 5.74) is 2.75. The monoisotopic (exact) mass is 273 g/mol. The van der Waals surface area contributed by atoms with E-state index in [1.807, 2.05) is 18.9 Å². The fourth-order valence-electron chi connectivity index (χ4n) is 2.91. The molecule has 20 heavy (non-hydrogen) atoms. The first-order valence-electron chi connectivity index (χ1n) is 7.12. The van der Waals surface area contributed by atoms with Crippen molar-refractivity contribution in [2.75, 3.05) is 13.1 Å². The Labute approximate surface area is 117 Å². The third kappa shape index (κ3) is 2.15. The Kier molecular flexibility index (Phi) is 3.38. The molecule has 1 fully saturated rings. The molecule has 1 amide bonds. The molecule has 1 aliphatic rings. The van der Waals surface area contributed by atoms with Crippen LogP contribution in [0.4, 0.5) is 0 Å². The Morgan fingerprint density at radius 2 is 2.00 bits per heavy atom. The molecule has 0 atom stereocenters. The summed E-state index contributed by atoms with van der Waals surface area (Å²) in [6.07, 6.45) is 5.89. The molecule has 0 aliphatic carbocycles. The smallest absolute Gasteiger partial charge is 0.222 e. The van der Waals surface area contributed by atoms with Crippen molar-refractivity contribution in [2.24, 2.45) is 7.05 Å². The quantitative estimate of drug-likeness (QED) is 0.831. The SMILES string of the molecule is CCC(=O)N1CCC(c2nn(C)c3nccnc23)CC1. The predicted octanol–water partition coefficient (Wildman–Crippen LogP) is 1.48. The van der Waals surface area contributed by atoms with Crippen molar-refractivity contribution in [1.29, 1.82) is 0 Å². The maximum Gasteiger partial charge on any atom is 0.222 e. The molecule has 1 saturated heterocycles. The summed E-state index contributed by atoms with van der Waals surface area (Å²) in [7, 11) is 1.90. The Balaban J connectivity index is 1.82. The Morgan fingerprint density at radius 1 is 1.30 bits per heavy atom. The minimum absolute atomic E-state index is 0.245. The average Bonchev–Trinajstić information content (AvgIpc) is 2.84. The van der Waals surface area contributed by atoms with Crippen LogP contribution in [-0.2, 0) is 11.8 Å². The molecule has 2 aromatic rings. The van der Waals surface area contributed by atoms with Crippen molar-refractivity contribution < 1.29 is 4.79 Å². The summed E-state index contributed by atoms with van der Waals surface area (Å²) < 4.78 is 1.79. The van der Waals surface area contributed by atoms with Crippen molar-refractivity contribution in [1.82, 2.24) is 24.6 Å². The van der Waals surface area contributed by atoms with Crippen molar-refractivity contribution in [3.63, 3.8) is 0 Å². The second kappa shape index (κ2) is 5.19. The number of fused-ring (bicyclic) bond motifs is 1. The van der Waals surface area contributed by atoms with E-state index in [4.69, 9.17) is 0 Å². The summed E-state index contributed by atoms with van der Waals surface area (Å²) in [6.45, 7) is 3.54. The van der Waals surface area contributed by atoms with Gasteiger partial charge in [-0.15, -0.1) is 0 Å². The highest BCUT2D eigenvalue weighted by Gasteiger charge is 2.27. The fourth-order valence-corrected chi connectivity index (χ4v) is 2.91. The summed E-state index contributed by atoms with van der Waals surface area (Å²) in [4.78, 5) is 22.4. The number of aromatic nitrogens is 4. The molecule has 0 bridgehead atoms. The molecular formula is C14H19N5O. The first kappa shape index (κ1) is 13.0. The molecule has 6 heteroatoms. The molecule has 2 aromatic heterocycles. The molecule has 6 nitrogen and oxygen atoms in total. The zero-order chi connectivity index (χ0) is 14.1. The van der Waals surface area contributed by atoms with Gasteiger partial charge in [-0.25, -0.2) is 14.6 Å².